The van der Waals surface area contributed by atoms with Gasteiger partial charge in [-0.2, -0.15) is 0 Å². The van der Waals surface area contributed by atoms with Crippen molar-refractivity contribution in [2.45, 2.75) is 39.7 Å². The van der Waals surface area contributed by atoms with Crippen LogP contribution in [0.2, 0.25) is 0 Å². The number of hydrogen-bond donors (Lipinski definition) is 1. The Balaban J connectivity index is 0. The first-order valence-electron chi connectivity index (χ1n) is 4.94. The van der Waals surface area contributed by atoms with Crippen LogP contribution >= 0.6 is 0 Å². The highest BCUT2D eigenvalue weighted by atomic mass is 15.1. The molecule has 0 rings (SSSR count). The van der Waals surface area contributed by atoms with Crippen LogP contribution in [0.4, 0.5) is 0 Å². The maximum Gasteiger partial charge on any atom is 0.0211 e. The summed E-state index contributed by atoms with van der Waals surface area (Å²) in [5, 5.41) is 3.16. The molecule has 0 aromatic carbocycles. The van der Waals surface area contributed by atoms with Gasteiger partial charge in [0.2, 0.25) is 0 Å². The van der Waals surface area contributed by atoms with E-state index in [1.54, 1.807) is 0 Å². The molecular weight excluding hydrogens is 148 g/mol. The standard InChI is InChI=1S/C7H18N2.C3H8/c1-5-7(6-8-2)9(3)4;1-3-2/h7-8H,5-6H2,1-4H3;3H2,1-2H3. The van der Waals surface area contributed by atoms with E-state index in [-0.39, 0.29) is 0 Å². The summed E-state index contributed by atoms with van der Waals surface area (Å²) in [6.45, 7) is 7.55. The third-order valence-corrected chi connectivity index (χ3v) is 1.64. The second-order valence-corrected chi connectivity index (χ2v) is 3.29. The van der Waals surface area contributed by atoms with Crippen LogP contribution in [0.5, 0.6) is 0 Å². The molecule has 0 aromatic rings. The topological polar surface area (TPSA) is 15.3 Å². The zero-order valence-corrected chi connectivity index (χ0v) is 9.65. The van der Waals surface area contributed by atoms with E-state index >= 15 is 0 Å². The van der Waals surface area contributed by atoms with E-state index < -0.39 is 0 Å². The minimum absolute atomic E-state index is 0.690. The summed E-state index contributed by atoms with van der Waals surface area (Å²) in [6, 6.07) is 0.690. The molecule has 2 heteroatoms. The first-order chi connectivity index (χ1) is 5.63. The molecule has 0 aliphatic carbocycles. The van der Waals surface area contributed by atoms with Gasteiger partial charge in [-0.25, -0.2) is 0 Å². The van der Waals surface area contributed by atoms with Crippen molar-refractivity contribution < 1.29 is 0 Å². The van der Waals surface area contributed by atoms with Gasteiger partial charge in [0, 0.05) is 12.6 Å². The zero-order chi connectivity index (χ0) is 9.98. The van der Waals surface area contributed by atoms with Crippen molar-refractivity contribution in [2.24, 2.45) is 0 Å². The minimum atomic E-state index is 0.690. The van der Waals surface area contributed by atoms with E-state index in [0.717, 1.165) is 6.54 Å². The highest BCUT2D eigenvalue weighted by Gasteiger charge is 2.05. The van der Waals surface area contributed by atoms with Gasteiger partial charge < -0.3 is 10.2 Å². The van der Waals surface area contributed by atoms with Crippen molar-refractivity contribution in [1.82, 2.24) is 10.2 Å². The van der Waals surface area contributed by atoms with E-state index in [4.69, 9.17) is 0 Å². The summed E-state index contributed by atoms with van der Waals surface area (Å²) in [5.41, 5.74) is 0. The summed E-state index contributed by atoms with van der Waals surface area (Å²) >= 11 is 0. The van der Waals surface area contributed by atoms with Gasteiger partial charge in [0.05, 0.1) is 0 Å². The number of likely N-dealkylation sites (N-methyl/N-ethyl adjacent to an activating group) is 2. The second-order valence-electron chi connectivity index (χ2n) is 3.29. The Morgan fingerprint density at radius 3 is 1.67 bits per heavy atom. The van der Waals surface area contributed by atoms with Gasteiger partial charge in [-0.3, -0.25) is 0 Å². The summed E-state index contributed by atoms with van der Waals surface area (Å²) < 4.78 is 0. The van der Waals surface area contributed by atoms with Gasteiger partial charge in [0.25, 0.3) is 0 Å². The van der Waals surface area contributed by atoms with Crippen LogP contribution in [-0.4, -0.2) is 38.6 Å². The van der Waals surface area contributed by atoms with Crippen LogP contribution in [0.25, 0.3) is 0 Å². The van der Waals surface area contributed by atoms with Gasteiger partial charge >= 0.3 is 0 Å². The van der Waals surface area contributed by atoms with Crippen LogP contribution < -0.4 is 5.32 Å². The first-order valence-corrected chi connectivity index (χ1v) is 4.94. The Hall–Kier alpha value is -0.0800. The number of hydrogen-bond acceptors (Lipinski definition) is 2. The van der Waals surface area contributed by atoms with Crippen molar-refractivity contribution in [3.05, 3.63) is 0 Å². The van der Waals surface area contributed by atoms with E-state index in [9.17, 15) is 0 Å². The van der Waals surface area contributed by atoms with E-state index in [2.05, 4.69) is 45.1 Å². The van der Waals surface area contributed by atoms with Crippen LogP contribution in [-0.2, 0) is 0 Å². The van der Waals surface area contributed by atoms with E-state index in [1.807, 2.05) is 7.05 Å². The van der Waals surface area contributed by atoms with Crippen molar-refractivity contribution in [1.29, 1.82) is 0 Å². The van der Waals surface area contributed by atoms with Crippen LogP contribution in [0, 0.1) is 0 Å². The Bertz CT molecular complexity index is 72.2. The Morgan fingerprint density at radius 2 is 1.58 bits per heavy atom. The van der Waals surface area contributed by atoms with Gasteiger partial charge in [-0.1, -0.05) is 27.2 Å². The second kappa shape index (κ2) is 10.9. The third-order valence-electron chi connectivity index (χ3n) is 1.64. The van der Waals surface area contributed by atoms with Gasteiger partial charge in [0.1, 0.15) is 0 Å². The van der Waals surface area contributed by atoms with E-state index in [0.29, 0.717) is 6.04 Å². The summed E-state index contributed by atoms with van der Waals surface area (Å²) in [4.78, 5) is 2.25. The molecule has 0 spiro atoms. The molecule has 0 bridgehead atoms. The van der Waals surface area contributed by atoms with Gasteiger partial charge in [0.15, 0.2) is 0 Å². The number of nitrogens with zero attached hydrogens (tertiary/aromatic N) is 1. The fourth-order valence-electron chi connectivity index (χ4n) is 0.928. The highest BCUT2D eigenvalue weighted by molar-refractivity contribution is 4.64. The summed E-state index contributed by atoms with van der Waals surface area (Å²) in [7, 11) is 6.23. The molecule has 2 nitrogen and oxygen atoms in total. The summed E-state index contributed by atoms with van der Waals surface area (Å²) in [5.74, 6) is 0. The SMILES string of the molecule is CCC.CCC(CNC)N(C)C. The Morgan fingerprint density at radius 1 is 1.17 bits per heavy atom. The molecule has 1 unspecified atom stereocenters. The number of nitrogens with one attached hydrogen (secondary N) is 1. The molecule has 1 atom stereocenters. The molecule has 12 heavy (non-hydrogen) atoms. The quantitative estimate of drug-likeness (QED) is 0.701. The average molecular weight is 174 g/mol. The predicted molar refractivity (Wildman–Crippen MR) is 57.7 cm³/mol. The maximum absolute atomic E-state index is 3.16. The fraction of sp³-hybridized carbons (Fsp3) is 1.00. The molecule has 0 amide bonds. The molecular formula is C10H26N2. The zero-order valence-electron chi connectivity index (χ0n) is 9.65. The molecule has 0 fully saturated rings. The molecule has 0 aromatic heterocycles. The molecule has 1 N–H and O–H groups in total. The van der Waals surface area contributed by atoms with Crippen LogP contribution in [0.15, 0.2) is 0 Å². The normalized spacial score (nSPS) is 12.2. The molecule has 0 heterocycles. The average Bonchev–Trinajstić information content (AvgIpc) is 2.01. The lowest BCUT2D eigenvalue weighted by molar-refractivity contribution is 0.281. The first kappa shape index (κ1) is 14.4. The Labute approximate surface area is 78.3 Å². The van der Waals surface area contributed by atoms with Crippen LogP contribution in [0.3, 0.4) is 0 Å². The smallest absolute Gasteiger partial charge is 0.0211 e. The van der Waals surface area contributed by atoms with E-state index in [1.165, 1.54) is 12.8 Å². The molecule has 0 aliphatic heterocycles. The molecule has 76 valence electrons. The number of rotatable bonds is 4. The lowest BCUT2D eigenvalue weighted by atomic mass is 10.2. The van der Waals surface area contributed by atoms with Crippen molar-refractivity contribution >= 4 is 0 Å². The van der Waals surface area contributed by atoms with Gasteiger partial charge in [-0.15, -0.1) is 0 Å². The third kappa shape index (κ3) is 9.92. The maximum atomic E-state index is 3.16. The fourth-order valence-corrected chi connectivity index (χ4v) is 0.928. The summed E-state index contributed by atoms with van der Waals surface area (Å²) in [6.07, 6.45) is 2.47. The van der Waals surface area contributed by atoms with Gasteiger partial charge in [-0.05, 0) is 27.6 Å². The van der Waals surface area contributed by atoms with Crippen molar-refractivity contribution in [2.75, 3.05) is 27.7 Å². The van der Waals surface area contributed by atoms with Crippen molar-refractivity contribution in [3.63, 3.8) is 0 Å². The molecule has 0 radical (unpaired) electrons. The largest absolute Gasteiger partial charge is 0.318 e. The van der Waals surface area contributed by atoms with Crippen LogP contribution in [0.1, 0.15) is 33.6 Å². The lowest BCUT2D eigenvalue weighted by Gasteiger charge is -2.21. The Kier molecular flexibility index (Phi) is 13.1. The lowest BCUT2D eigenvalue weighted by Crippen LogP contribution is -2.35. The molecule has 0 saturated carbocycles. The molecule has 0 saturated heterocycles. The highest BCUT2D eigenvalue weighted by Crippen LogP contribution is 1.95. The predicted octanol–water partition coefficient (Wildman–Crippen LogP) is 1.96. The van der Waals surface area contributed by atoms with Crippen molar-refractivity contribution in [3.8, 4) is 0 Å². The minimum Gasteiger partial charge on any atom is -0.318 e. The molecule has 0 aliphatic rings. The monoisotopic (exact) mass is 174 g/mol.